The van der Waals surface area contributed by atoms with Gasteiger partial charge in [-0.1, -0.05) is 51.4 Å². The van der Waals surface area contributed by atoms with E-state index in [2.05, 4.69) is 0 Å². The second-order valence-electron chi connectivity index (χ2n) is 4.91. The molecule has 0 aliphatic rings. The summed E-state index contributed by atoms with van der Waals surface area (Å²) in [6.07, 6.45) is 3.61. The fourth-order valence-corrected chi connectivity index (χ4v) is 3.74. The lowest BCUT2D eigenvalue weighted by atomic mass is 10.1. The molecule has 0 saturated heterocycles. The van der Waals surface area contributed by atoms with Gasteiger partial charge in [-0.05, 0) is 12.5 Å². The summed E-state index contributed by atoms with van der Waals surface area (Å²) < 4.78 is 35.6. The molecule has 0 N–H and O–H groups in total. The Bertz CT molecular complexity index is 195. The molecule has 0 nitrogen and oxygen atoms in total. The van der Waals surface area contributed by atoms with Crippen LogP contribution in [0.2, 0.25) is 6.04 Å². The highest BCUT2D eigenvalue weighted by atomic mass is 35.8. The van der Waals surface area contributed by atoms with Gasteiger partial charge >= 0.3 is 12.2 Å². The van der Waals surface area contributed by atoms with Crippen molar-refractivity contribution in [3.05, 3.63) is 0 Å². The van der Waals surface area contributed by atoms with E-state index in [1.165, 1.54) is 0 Å². The van der Waals surface area contributed by atoms with Gasteiger partial charge in [0.25, 0.3) is 0 Å². The highest BCUT2D eigenvalue weighted by Gasteiger charge is 2.25. The number of rotatable bonds is 11. The first kappa shape index (κ1) is 19.9. The minimum absolute atomic E-state index is 0.261. The molecule has 0 radical (unpaired) electrons. The highest BCUT2D eigenvalue weighted by molar-refractivity contribution is 7.64. The summed E-state index contributed by atoms with van der Waals surface area (Å²) in [6, 6.07) is -1.72. The van der Waals surface area contributed by atoms with Crippen LogP contribution >= 0.6 is 33.2 Å². The molecule has 0 fully saturated rings. The van der Waals surface area contributed by atoms with Crippen LogP contribution in [0.25, 0.3) is 0 Å². The Morgan fingerprint density at radius 1 is 0.632 bits per heavy atom. The molecule has 0 aromatic rings. The first-order chi connectivity index (χ1) is 8.71. The van der Waals surface area contributed by atoms with Crippen LogP contribution in [0.3, 0.4) is 0 Å². The maximum absolute atomic E-state index is 11.9. The van der Waals surface area contributed by atoms with Gasteiger partial charge in [-0.2, -0.15) is 13.2 Å². The van der Waals surface area contributed by atoms with E-state index < -0.39 is 18.6 Å². The first-order valence-electron chi connectivity index (χ1n) is 6.84. The lowest BCUT2D eigenvalue weighted by molar-refractivity contribution is -0.135. The van der Waals surface area contributed by atoms with Crippen molar-refractivity contribution in [1.29, 1.82) is 0 Å². The molecule has 0 aromatic heterocycles. The highest BCUT2D eigenvalue weighted by Crippen LogP contribution is 2.27. The minimum atomic E-state index is -3.99. The summed E-state index contributed by atoms with van der Waals surface area (Å²) in [5.74, 6) is 0. The Morgan fingerprint density at radius 3 is 1.37 bits per heavy atom. The van der Waals surface area contributed by atoms with E-state index in [9.17, 15) is 13.2 Å². The third kappa shape index (κ3) is 18.9. The third-order valence-electron chi connectivity index (χ3n) is 2.92. The quantitative estimate of drug-likeness (QED) is 0.210. The molecule has 0 saturated carbocycles. The molecule has 0 amide bonds. The van der Waals surface area contributed by atoms with Crippen LogP contribution in [0, 0.1) is 0 Å². The molecule has 0 rings (SSSR count). The lowest BCUT2D eigenvalue weighted by Crippen LogP contribution is -2.07. The van der Waals surface area contributed by atoms with E-state index in [0.29, 0.717) is 6.42 Å². The maximum Gasteiger partial charge on any atom is 0.389 e. The number of hydrogen-bond donors (Lipinski definition) is 0. The lowest BCUT2D eigenvalue weighted by Gasteiger charge is -2.07. The van der Waals surface area contributed by atoms with E-state index in [4.69, 9.17) is 33.2 Å². The van der Waals surface area contributed by atoms with Crippen molar-refractivity contribution < 1.29 is 13.2 Å². The van der Waals surface area contributed by atoms with Crippen LogP contribution < -0.4 is 0 Å². The Morgan fingerprint density at radius 2 is 1.00 bits per heavy atom. The largest absolute Gasteiger partial charge is 0.389 e. The van der Waals surface area contributed by atoms with Crippen molar-refractivity contribution >= 4 is 39.2 Å². The SMILES string of the molecule is FC(F)(F)CCCCCCCCCCC[Si](Cl)(Cl)Cl. The summed E-state index contributed by atoms with van der Waals surface area (Å²) in [6.45, 7) is 0. The van der Waals surface area contributed by atoms with E-state index in [-0.39, 0.29) is 6.42 Å². The molecule has 0 aliphatic heterocycles. The van der Waals surface area contributed by atoms with Crippen LogP contribution in [0.5, 0.6) is 0 Å². The van der Waals surface area contributed by atoms with Gasteiger partial charge in [0.05, 0.1) is 0 Å². The van der Waals surface area contributed by atoms with Crippen molar-refractivity contribution in [3.8, 4) is 0 Å². The molecular formula is C12H22Cl3F3Si. The van der Waals surface area contributed by atoms with Crippen LogP contribution in [0.1, 0.15) is 64.2 Å². The summed E-state index contributed by atoms with van der Waals surface area (Å²) in [5, 5.41) is 0. The molecule has 7 heteroatoms. The summed E-state index contributed by atoms with van der Waals surface area (Å²) >= 11 is 17.3. The smallest absolute Gasteiger partial charge is 0.171 e. The summed E-state index contributed by atoms with van der Waals surface area (Å²) in [7, 11) is 0. The Hall–Kier alpha value is 0.877. The van der Waals surface area contributed by atoms with Gasteiger partial charge in [0.1, 0.15) is 0 Å². The van der Waals surface area contributed by atoms with Gasteiger partial charge in [-0.15, -0.1) is 33.2 Å². The predicted molar refractivity (Wildman–Crippen MR) is 80.3 cm³/mol. The van der Waals surface area contributed by atoms with Crippen molar-refractivity contribution in [2.75, 3.05) is 0 Å². The Labute approximate surface area is 129 Å². The van der Waals surface area contributed by atoms with Crippen LogP contribution in [0.15, 0.2) is 0 Å². The van der Waals surface area contributed by atoms with E-state index >= 15 is 0 Å². The van der Waals surface area contributed by atoms with Crippen LogP contribution in [0.4, 0.5) is 13.2 Å². The molecule has 19 heavy (non-hydrogen) atoms. The molecule has 0 aromatic carbocycles. The average Bonchev–Trinajstić information content (AvgIpc) is 2.22. The molecular weight excluding hydrogens is 336 g/mol. The summed E-state index contributed by atoms with van der Waals surface area (Å²) in [5.41, 5.74) is 0. The summed E-state index contributed by atoms with van der Waals surface area (Å²) in [4.78, 5) is 0. The third-order valence-corrected chi connectivity index (χ3v) is 5.54. The monoisotopic (exact) mass is 356 g/mol. The molecule has 0 heterocycles. The molecule has 0 aliphatic carbocycles. The van der Waals surface area contributed by atoms with E-state index in [1.807, 2.05) is 0 Å². The van der Waals surface area contributed by atoms with Crippen molar-refractivity contribution in [3.63, 3.8) is 0 Å². The van der Waals surface area contributed by atoms with Crippen molar-refractivity contribution in [2.24, 2.45) is 0 Å². The van der Waals surface area contributed by atoms with Crippen LogP contribution in [-0.2, 0) is 0 Å². The molecule has 0 unspecified atom stereocenters. The fourth-order valence-electron chi connectivity index (χ4n) is 1.89. The van der Waals surface area contributed by atoms with Gasteiger partial charge in [0.2, 0.25) is 0 Å². The second kappa shape index (κ2) is 10.6. The Kier molecular flexibility index (Phi) is 11.1. The van der Waals surface area contributed by atoms with Crippen molar-refractivity contribution in [2.45, 2.75) is 76.4 Å². The second-order valence-corrected chi connectivity index (χ2v) is 14.2. The number of hydrogen-bond acceptors (Lipinski definition) is 0. The van der Waals surface area contributed by atoms with Gasteiger partial charge in [-0.25, -0.2) is 0 Å². The number of halogens is 6. The average molecular weight is 358 g/mol. The molecule has 0 bridgehead atoms. The minimum Gasteiger partial charge on any atom is -0.171 e. The van der Waals surface area contributed by atoms with Gasteiger partial charge < -0.3 is 0 Å². The topological polar surface area (TPSA) is 0 Å². The van der Waals surface area contributed by atoms with Gasteiger partial charge in [-0.3, -0.25) is 0 Å². The predicted octanol–water partition coefficient (Wildman–Crippen LogP) is 7.11. The zero-order valence-corrected chi connectivity index (χ0v) is 14.3. The molecule has 0 spiro atoms. The van der Waals surface area contributed by atoms with Crippen LogP contribution in [-0.4, -0.2) is 12.2 Å². The fraction of sp³-hybridized carbons (Fsp3) is 1.00. The maximum atomic E-state index is 11.9. The van der Waals surface area contributed by atoms with Gasteiger partial charge in [0, 0.05) is 6.42 Å². The zero-order chi connectivity index (χ0) is 14.8. The first-order valence-corrected chi connectivity index (χ1v) is 12.1. The van der Waals surface area contributed by atoms with E-state index in [1.54, 1.807) is 0 Å². The van der Waals surface area contributed by atoms with E-state index in [0.717, 1.165) is 51.0 Å². The standard InChI is InChI=1S/C12H22Cl3F3Si/c13-19(14,15)11-9-7-5-3-1-2-4-6-8-10-12(16,17)18/h1-11H2. The molecule has 116 valence electrons. The number of alkyl halides is 3. The Balaban J connectivity index is 3.12. The normalized spacial score (nSPS) is 12.9. The van der Waals surface area contributed by atoms with Crippen molar-refractivity contribution in [1.82, 2.24) is 0 Å². The number of unbranched alkanes of at least 4 members (excludes halogenated alkanes) is 8. The zero-order valence-electron chi connectivity index (χ0n) is 11.0. The molecule has 0 atom stereocenters. The van der Waals surface area contributed by atoms with Gasteiger partial charge in [0.15, 0.2) is 0 Å².